The number of carbonyl (C=O) groups excluding carboxylic acids is 3. The monoisotopic (exact) mass is 412 g/mol. The normalized spacial score (nSPS) is 22.5. The summed E-state index contributed by atoms with van der Waals surface area (Å²) in [6, 6.07) is 9.02. The van der Waals surface area contributed by atoms with E-state index in [0.29, 0.717) is 18.2 Å². The molecule has 0 saturated carbocycles. The van der Waals surface area contributed by atoms with Crippen LogP contribution in [-0.2, 0) is 9.59 Å². The topological polar surface area (TPSA) is 106 Å². The molecule has 10 nitrogen and oxygen atoms in total. The van der Waals surface area contributed by atoms with E-state index in [-0.39, 0.29) is 6.54 Å². The number of amides is 4. The number of aliphatic imine (C=N–C) groups is 1. The summed E-state index contributed by atoms with van der Waals surface area (Å²) in [5.74, 6) is -0.0117. The van der Waals surface area contributed by atoms with E-state index < -0.39 is 23.9 Å². The molecule has 10 heteroatoms. The van der Waals surface area contributed by atoms with E-state index in [0.717, 1.165) is 31.1 Å². The quantitative estimate of drug-likeness (QED) is 0.625. The molecular formula is C20H26N7O3+. The number of nitrogens with two attached hydrogens (primary N) is 1. The molecule has 30 heavy (non-hydrogen) atoms. The van der Waals surface area contributed by atoms with Gasteiger partial charge in [0, 0.05) is 46.0 Å². The number of fused-ring (bicyclic) bond motifs is 1. The molecule has 0 aromatic heterocycles. The molecule has 158 valence electrons. The summed E-state index contributed by atoms with van der Waals surface area (Å²) in [5.41, 5.74) is 6.64. The fourth-order valence-corrected chi connectivity index (χ4v) is 4.13. The van der Waals surface area contributed by atoms with E-state index in [1.807, 2.05) is 18.2 Å². The molecule has 3 heterocycles. The molecule has 1 aromatic rings. The van der Waals surface area contributed by atoms with E-state index in [1.165, 1.54) is 17.6 Å². The summed E-state index contributed by atoms with van der Waals surface area (Å²) in [6.07, 6.45) is 0. The minimum absolute atomic E-state index is 0.126. The Bertz CT molecular complexity index is 935. The van der Waals surface area contributed by atoms with Gasteiger partial charge >= 0.3 is 11.9 Å². The predicted octanol–water partition coefficient (Wildman–Crippen LogP) is -0.991. The van der Waals surface area contributed by atoms with Gasteiger partial charge in [0.1, 0.15) is 6.54 Å². The van der Waals surface area contributed by atoms with Crippen molar-refractivity contribution in [3.63, 3.8) is 0 Å². The summed E-state index contributed by atoms with van der Waals surface area (Å²) in [4.78, 5) is 48.3. The van der Waals surface area contributed by atoms with Crippen molar-refractivity contribution in [1.29, 1.82) is 0 Å². The van der Waals surface area contributed by atoms with Gasteiger partial charge in [-0.2, -0.15) is 0 Å². The number of hydrogen-bond acceptors (Lipinski definition) is 6. The molecule has 0 spiro atoms. The van der Waals surface area contributed by atoms with E-state index in [2.05, 4.69) is 26.9 Å². The Hall–Kier alpha value is -3.27. The van der Waals surface area contributed by atoms with Gasteiger partial charge < -0.3 is 10.6 Å². The first kappa shape index (κ1) is 20.0. The maximum absolute atomic E-state index is 12.8. The van der Waals surface area contributed by atoms with Gasteiger partial charge in [-0.15, -0.1) is 0 Å². The molecule has 2 saturated heterocycles. The van der Waals surface area contributed by atoms with Crippen molar-refractivity contribution in [1.82, 2.24) is 14.7 Å². The molecule has 1 aromatic carbocycles. The lowest BCUT2D eigenvalue weighted by atomic mass is 10.1. The van der Waals surface area contributed by atoms with Gasteiger partial charge in [0.05, 0.1) is 0 Å². The van der Waals surface area contributed by atoms with Gasteiger partial charge in [-0.25, -0.2) is 9.37 Å². The molecule has 3 aliphatic rings. The number of piperazine rings is 1. The second-order valence-electron chi connectivity index (χ2n) is 7.72. The molecule has 2 N–H and O–H groups in total. The highest BCUT2D eigenvalue weighted by Gasteiger charge is 2.53. The van der Waals surface area contributed by atoms with Gasteiger partial charge in [-0.1, -0.05) is 18.2 Å². The first-order valence-electron chi connectivity index (χ1n) is 9.94. The predicted molar refractivity (Wildman–Crippen MR) is 112 cm³/mol. The van der Waals surface area contributed by atoms with Crippen LogP contribution in [0.2, 0.25) is 0 Å². The van der Waals surface area contributed by atoms with E-state index in [1.54, 1.807) is 11.6 Å². The van der Waals surface area contributed by atoms with Crippen molar-refractivity contribution in [2.45, 2.75) is 6.04 Å². The third kappa shape index (κ3) is 3.54. The number of para-hydroxylation sites is 1. The number of amidine groups is 2. The SMILES string of the molecule is CN1C(=O)C2C(=NC(CN3CCN(c4ccccc4)CC3)=[N+]2CC(N)=O)N(C)C1=O. The summed E-state index contributed by atoms with van der Waals surface area (Å²) in [6.45, 7) is 3.73. The highest BCUT2D eigenvalue weighted by Crippen LogP contribution is 2.20. The van der Waals surface area contributed by atoms with E-state index >= 15 is 0 Å². The Morgan fingerprint density at radius 1 is 1.10 bits per heavy atom. The van der Waals surface area contributed by atoms with Crippen molar-refractivity contribution >= 4 is 35.2 Å². The Morgan fingerprint density at radius 2 is 1.77 bits per heavy atom. The third-order valence-electron chi connectivity index (χ3n) is 5.80. The van der Waals surface area contributed by atoms with Gasteiger partial charge in [0.15, 0.2) is 6.54 Å². The zero-order chi connectivity index (χ0) is 21.4. The lowest BCUT2D eigenvalue weighted by Gasteiger charge is -2.35. The van der Waals surface area contributed by atoms with Crippen molar-refractivity contribution in [3.05, 3.63) is 30.3 Å². The van der Waals surface area contributed by atoms with Gasteiger partial charge in [0.2, 0.25) is 0 Å². The molecule has 1 atom stereocenters. The summed E-state index contributed by atoms with van der Waals surface area (Å²) < 4.78 is 1.63. The number of carbonyl (C=O) groups is 3. The van der Waals surface area contributed by atoms with Crippen LogP contribution in [0.3, 0.4) is 0 Å². The fourth-order valence-electron chi connectivity index (χ4n) is 4.13. The minimum atomic E-state index is -0.800. The van der Waals surface area contributed by atoms with E-state index in [9.17, 15) is 14.4 Å². The van der Waals surface area contributed by atoms with Crippen LogP contribution < -0.4 is 10.6 Å². The molecule has 1 unspecified atom stereocenters. The number of nitrogens with zero attached hydrogens (tertiary/aromatic N) is 6. The molecule has 4 rings (SSSR count). The third-order valence-corrected chi connectivity index (χ3v) is 5.80. The first-order chi connectivity index (χ1) is 14.4. The molecular weight excluding hydrogens is 386 g/mol. The first-order valence-corrected chi connectivity index (χ1v) is 9.94. The number of primary amides is 1. The Balaban J connectivity index is 1.53. The molecule has 4 amide bonds. The average Bonchev–Trinajstić information content (AvgIpc) is 3.09. The maximum Gasteiger partial charge on any atom is 0.333 e. The van der Waals surface area contributed by atoms with Crippen LogP contribution >= 0.6 is 0 Å². The second kappa shape index (κ2) is 7.86. The van der Waals surface area contributed by atoms with Gasteiger partial charge in [-0.05, 0) is 17.1 Å². The smallest absolute Gasteiger partial charge is 0.333 e. The van der Waals surface area contributed by atoms with Crippen LogP contribution in [0.1, 0.15) is 0 Å². The number of imide groups is 1. The summed E-state index contributed by atoms with van der Waals surface area (Å²) in [5, 5.41) is 0. The molecule has 2 fully saturated rings. The van der Waals surface area contributed by atoms with Crippen molar-refractivity contribution in [3.8, 4) is 0 Å². The van der Waals surface area contributed by atoms with Crippen LogP contribution in [0, 0.1) is 0 Å². The van der Waals surface area contributed by atoms with E-state index in [4.69, 9.17) is 5.73 Å². The number of urea groups is 1. The Labute approximate surface area is 174 Å². The highest BCUT2D eigenvalue weighted by molar-refractivity contribution is 6.23. The number of likely N-dealkylation sites (N-methyl/N-ethyl adjacent to an activating group) is 2. The summed E-state index contributed by atoms with van der Waals surface area (Å²) >= 11 is 0. The lowest BCUT2D eigenvalue weighted by Crippen LogP contribution is -2.62. The number of hydrogen-bond donors (Lipinski definition) is 1. The zero-order valence-electron chi connectivity index (χ0n) is 17.2. The molecule has 3 aliphatic heterocycles. The van der Waals surface area contributed by atoms with Crippen molar-refractivity contribution in [2.24, 2.45) is 10.7 Å². The Morgan fingerprint density at radius 3 is 2.40 bits per heavy atom. The number of rotatable bonds is 5. The molecule has 0 aliphatic carbocycles. The van der Waals surface area contributed by atoms with Crippen LogP contribution in [0.5, 0.6) is 0 Å². The minimum Gasteiger partial charge on any atom is -0.369 e. The fraction of sp³-hybridized carbons (Fsp3) is 0.450. The number of benzene rings is 1. The highest BCUT2D eigenvalue weighted by atomic mass is 16.2. The van der Waals surface area contributed by atoms with Gasteiger partial charge in [-0.3, -0.25) is 24.3 Å². The zero-order valence-corrected chi connectivity index (χ0v) is 17.2. The maximum atomic E-state index is 12.8. The molecule has 0 bridgehead atoms. The van der Waals surface area contributed by atoms with Crippen LogP contribution in [0.25, 0.3) is 0 Å². The standard InChI is InChI=1S/C20H25N7O3/c1-23-18-17(19(29)24(2)20(23)30)27(12-15(21)28)16(22-18)13-25-8-10-26(11-9-25)14-6-4-3-5-7-14/h3-7,17H,8-13H2,1-2H3,(H-,21,28)/p+1. The Kier molecular flexibility index (Phi) is 5.25. The van der Waals surface area contributed by atoms with Crippen LogP contribution in [-0.4, -0.2) is 108 Å². The number of anilines is 1. The average molecular weight is 412 g/mol. The summed E-state index contributed by atoms with van der Waals surface area (Å²) in [7, 11) is 3.02. The van der Waals surface area contributed by atoms with Crippen molar-refractivity contribution in [2.75, 3.05) is 58.3 Å². The molecule has 0 radical (unpaired) electrons. The van der Waals surface area contributed by atoms with Crippen LogP contribution in [0.15, 0.2) is 35.3 Å². The lowest BCUT2D eigenvalue weighted by molar-refractivity contribution is -0.525. The van der Waals surface area contributed by atoms with Crippen molar-refractivity contribution < 1.29 is 19.0 Å². The second-order valence-corrected chi connectivity index (χ2v) is 7.72. The van der Waals surface area contributed by atoms with Gasteiger partial charge in [0.25, 0.3) is 23.7 Å². The van der Waals surface area contributed by atoms with Crippen LogP contribution in [0.4, 0.5) is 10.5 Å². The largest absolute Gasteiger partial charge is 0.369 e.